The Morgan fingerprint density at radius 2 is 1.47 bits per heavy atom. The standard InChI is InChI=1S/C29H32N4O2S/c1-22(2)23-13-15-25(16-14-23)36(34,35)33-28-12-8-7-11-26(28)27(29(33)24-9-5-4-6-10-24)21-30-32-19-17-31(3)18-20-32/h4-16,21-22H,17-20H2,1-3H3. The van der Waals surface area contributed by atoms with Gasteiger partial charge in [0.2, 0.25) is 0 Å². The molecule has 0 aliphatic carbocycles. The zero-order chi connectivity index (χ0) is 25.3. The van der Waals surface area contributed by atoms with Crippen molar-refractivity contribution >= 4 is 27.1 Å². The van der Waals surface area contributed by atoms with Crippen molar-refractivity contribution in [3.05, 3.63) is 90.0 Å². The van der Waals surface area contributed by atoms with Crippen LogP contribution in [0.25, 0.3) is 22.2 Å². The van der Waals surface area contributed by atoms with Crippen LogP contribution in [-0.4, -0.2) is 61.7 Å². The second-order valence-electron chi connectivity index (χ2n) is 9.64. The molecular weight excluding hydrogens is 468 g/mol. The van der Waals surface area contributed by atoms with E-state index in [0.29, 0.717) is 17.1 Å². The molecule has 3 aromatic carbocycles. The van der Waals surface area contributed by atoms with Gasteiger partial charge in [-0.2, -0.15) is 5.10 Å². The zero-order valence-electron chi connectivity index (χ0n) is 21.0. The molecule has 0 bridgehead atoms. The third-order valence-corrected chi connectivity index (χ3v) is 8.56. The summed E-state index contributed by atoms with van der Waals surface area (Å²) in [5.74, 6) is 0.325. The van der Waals surface area contributed by atoms with Crippen LogP contribution in [-0.2, 0) is 10.0 Å². The summed E-state index contributed by atoms with van der Waals surface area (Å²) >= 11 is 0. The molecule has 1 aliphatic rings. The molecule has 4 aromatic rings. The number of hydrogen-bond acceptors (Lipinski definition) is 5. The van der Waals surface area contributed by atoms with E-state index in [4.69, 9.17) is 5.10 Å². The largest absolute Gasteiger partial charge is 0.303 e. The lowest BCUT2D eigenvalue weighted by molar-refractivity contribution is 0.159. The number of piperazine rings is 1. The van der Waals surface area contributed by atoms with E-state index < -0.39 is 10.0 Å². The van der Waals surface area contributed by atoms with Crippen LogP contribution >= 0.6 is 0 Å². The fourth-order valence-corrected chi connectivity index (χ4v) is 6.22. The van der Waals surface area contributed by atoms with Crippen LogP contribution < -0.4 is 0 Å². The first-order valence-corrected chi connectivity index (χ1v) is 13.8. The van der Waals surface area contributed by atoms with Gasteiger partial charge >= 0.3 is 0 Å². The van der Waals surface area contributed by atoms with E-state index in [-0.39, 0.29) is 4.90 Å². The Bertz CT molecular complexity index is 1480. The average molecular weight is 501 g/mol. The molecule has 0 unspecified atom stereocenters. The number of fused-ring (bicyclic) bond motifs is 1. The van der Waals surface area contributed by atoms with Gasteiger partial charge in [0.1, 0.15) is 0 Å². The van der Waals surface area contributed by atoms with E-state index in [9.17, 15) is 8.42 Å². The number of hydrogen-bond donors (Lipinski definition) is 0. The second kappa shape index (κ2) is 9.91. The number of nitrogens with zero attached hydrogens (tertiary/aromatic N) is 4. The highest BCUT2D eigenvalue weighted by Crippen LogP contribution is 2.36. The molecule has 0 amide bonds. The first-order chi connectivity index (χ1) is 17.4. The minimum atomic E-state index is -3.88. The van der Waals surface area contributed by atoms with Crippen LogP contribution in [0.15, 0.2) is 88.9 Å². The Morgan fingerprint density at radius 3 is 2.14 bits per heavy atom. The van der Waals surface area contributed by atoms with Gasteiger partial charge in [0, 0.05) is 37.1 Å². The lowest BCUT2D eigenvalue weighted by Gasteiger charge is -2.30. The minimum Gasteiger partial charge on any atom is -0.303 e. The van der Waals surface area contributed by atoms with Gasteiger partial charge < -0.3 is 4.90 Å². The van der Waals surface area contributed by atoms with Gasteiger partial charge in [-0.1, -0.05) is 74.5 Å². The zero-order valence-corrected chi connectivity index (χ0v) is 21.8. The van der Waals surface area contributed by atoms with E-state index in [1.165, 1.54) is 3.97 Å². The molecule has 0 saturated carbocycles. The highest BCUT2D eigenvalue weighted by atomic mass is 32.2. The van der Waals surface area contributed by atoms with Crippen molar-refractivity contribution in [1.29, 1.82) is 0 Å². The number of rotatable bonds is 6. The van der Waals surface area contributed by atoms with Gasteiger partial charge in [-0.05, 0) is 42.3 Å². The Labute approximate surface area is 213 Å². The number of para-hydroxylation sites is 1. The van der Waals surface area contributed by atoms with Crippen molar-refractivity contribution in [2.24, 2.45) is 5.10 Å². The third kappa shape index (κ3) is 4.56. The molecule has 1 fully saturated rings. The van der Waals surface area contributed by atoms with Gasteiger partial charge in [-0.25, -0.2) is 12.4 Å². The SMILES string of the molecule is CC(C)c1ccc(S(=O)(=O)n2c(-c3ccccc3)c(C=NN3CCN(C)CC3)c3ccccc32)cc1. The van der Waals surface area contributed by atoms with Gasteiger partial charge in [0.15, 0.2) is 0 Å². The van der Waals surface area contributed by atoms with Crippen molar-refractivity contribution in [3.63, 3.8) is 0 Å². The lowest BCUT2D eigenvalue weighted by atomic mass is 10.0. The molecule has 36 heavy (non-hydrogen) atoms. The molecule has 6 nitrogen and oxygen atoms in total. The van der Waals surface area contributed by atoms with E-state index in [1.807, 2.05) is 72.9 Å². The molecule has 0 atom stereocenters. The Hall–Kier alpha value is -3.42. The molecular formula is C29H32N4O2S. The maximum absolute atomic E-state index is 14.2. The maximum atomic E-state index is 14.2. The molecule has 0 spiro atoms. The van der Waals surface area contributed by atoms with Crippen molar-refractivity contribution < 1.29 is 8.42 Å². The number of hydrazone groups is 1. The predicted molar refractivity (Wildman–Crippen MR) is 147 cm³/mol. The molecule has 2 heterocycles. The number of aromatic nitrogens is 1. The van der Waals surface area contributed by atoms with Gasteiger partial charge in [-0.3, -0.25) is 5.01 Å². The van der Waals surface area contributed by atoms with Crippen molar-refractivity contribution in [2.75, 3.05) is 33.2 Å². The summed E-state index contributed by atoms with van der Waals surface area (Å²) in [5.41, 5.74) is 4.01. The Morgan fingerprint density at radius 1 is 0.833 bits per heavy atom. The monoisotopic (exact) mass is 500 g/mol. The average Bonchev–Trinajstić information content (AvgIpc) is 3.24. The molecule has 0 radical (unpaired) electrons. The highest BCUT2D eigenvalue weighted by molar-refractivity contribution is 7.90. The van der Waals surface area contributed by atoms with Crippen molar-refractivity contribution in [1.82, 2.24) is 13.9 Å². The predicted octanol–water partition coefficient (Wildman–Crippen LogP) is 5.25. The second-order valence-corrected chi connectivity index (χ2v) is 11.4. The van der Waals surface area contributed by atoms with E-state index in [2.05, 4.69) is 30.8 Å². The molecule has 0 N–H and O–H groups in total. The van der Waals surface area contributed by atoms with Gasteiger partial charge in [0.25, 0.3) is 10.0 Å². The highest BCUT2D eigenvalue weighted by Gasteiger charge is 2.27. The molecule has 1 aromatic heterocycles. The smallest absolute Gasteiger partial charge is 0.268 e. The minimum absolute atomic E-state index is 0.271. The number of likely N-dealkylation sites (N-methyl/N-ethyl adjacent to an activating group) is 1. The molecule has 5 rings (SSSR count). The summed E-state index contributed by atoms with van der Waals surface area (Å²) in [7, 11) is -1.77. The molecule has 1 aliphatic heterocycles. The summed E-state index contributed by atoms with van der Waals surface area (Å²) in [6.45, 7) is 7.78. The van der Waals surface area contributed by atoms with Crippen LogP contribution in [0.4, 0.5) is 0 Å². The van der Waals surface area contributed by atoms with E-state index in [0.717, 1.165) is 48.3 Å². The topological polar surface area (TPSA) is 57.9 Å². The molecule has 186 valence electrons. The fourth-order valence-electron chi connectivity index (χ4n) is 4.67. The van der Waals surface area contributed by atoms with Crippen LogP contribution in [0.3, 0.4) is 0 Å². The fraction of sp³-hybridized carbons (Fsp3) is 0.276. The molecule has 1 saturated heterocycles. The van der Waals surface area contributed by atoms with Crippen molar-refractivity contribution in [3.8, 4) is 11.3 Å². The lowest BCUT2D eigenvalue weighted by Crippen LogP contribution is -2.41. The first-order valence-electron chi connectivity index (χ1n) is 12.4. The van der Waals surface area contributed by atoms with Crippen LogP contribution in [0, 0.1) is 0 Å². The van der Waals surface area contributed by atoms with E-state index >= 15 is 0 Å². The maximum Gasteiger partial charge on any atom is 0.268 e. The van der Waals surface area contributed by atoms with Crippen molar-refractivity contribution in [2.45, 2.75) is 24.7 Å². The summed E-state index contributed by atoms with van der Waals surface area (Å²) in [6, 6.07) is 24.6. The van der Waals surface area contributed by atoms with Gasteiger partial charge in [-0.15, -0.1) is 0 Å². The van der Waals surface area contributed by atoms with E-state index in [1.54, 1.807) is 12.1 Å². The Kier molecular flexibility index (Phi) is 6.69. The number of benzene rings is 3. The Balaban J connectivity index is 1.72. The summed E-state index contributed by atoms with van der Waals surface area (Å²) < 4.78 is 29.9. The summed E-state index contributed by atoms with van der Waals surface area (Å²) in [6.07, 6.45) is 1.84. The van der Waals surface area contributed by atoms with Gasteiger partial charge in [0.05, 0.1) is 22.3 Å². The first kappa shape index (κ1) is 24.3. The quantitative estimate of drug-likeness (QED) is 0.339. The third-order valence-electron chi connectivity index (χ3n) is 6.83. The van der Waals surface area contributed by atoms with Crippen LogP contribution in [0.1, 0.15) is 30.9 Å². The normalized spacial score (nSPS) is 15.4. The summed E-state index contributed by atoms with van der Waals surface area (Å²) in [4.78, 5) is 2.55. The van der Waals surface area contributed by atoms with Crippen LogP contribution in [0.5, 0.6) is 0 Å². The molecule has 7 heteroatoms. The van der Waals surface area contributed by atoms with Crippen LogP contribution in [0.2, 0.25) is 0 Å². The summed E-state index contributed by atoms with van der Waals surface area (Å²) in [5, 5.41) is 7.71.